The highest BCUT2D eigenvalue weighted by molar-refractivity contribution is 5.87. The molecule has 1 aromatic carbocycles. The number of benzene rings is 1. The van der Waals surface area contributed by atoms with Gasteiger partial charge in [0.1, 0.15) is 41.2 Å². The second-order valence-electron chi connectivity index (χ2n) is 20.9. The molecule has 0 unspecified atom stereocenters. The molecule has 0 aromatic heterocycles. The first-order valence-corrected chi connectivity index (χ1v) is 24.4. The quantitative estimate of drug-likeness (QED) is 0.105. The molecule has 3 saturated heterocycles. The number of hydrogen-bond donors (Lipinski definition) is 5. The van der Waals surface area contributed by atoms with E-state index < -0.39 is 113 Å². The van der Waals surface area contributed by atoms with Crippen molar-refractivity contribution < 1.29 is 77.7 Å². The lowest BCUT2D eigenvalue weighted by atomic mass is 9.42. The van der Waals surface area contributed by atoms with Crippen molar-refractivity contribution in [3.8, 4) is 0 Å². The third-order valence-electron chi connectivity index (χ3n) is 17.5. The zero-order valence-corrected chi connectivity index (χ0v) is 40.7. The van der Waals surface area contributed by atoms with Crippen molar-refractivity contribution in [1.82, 2.24) is 0 Å². The van der Waals surface area contributed by atoms with Crippen LogP contribution in [0, 0.1) is 16.7 Å². The lowest BCUT2D eigenvalue weighted by molar-refractivity contribution is -0.339. The largest absolute Gasteiger partial charge is 0.458 e. The molecule has 21 atom stereocenters. The van der Waals surface area contributed by atoms with E-state index in [0.717, 1.165) is 11.1 Å². The van der Waals surface area contributed by atoms with Crippen molar-refractivity contribution in [2.45, 2.75) is 215 Å². The number of esters is 1. The van der Waals surface area contributed by atoms with Gasteiger partial charge in [-0.1, -0.05) is 55.8 Å². The number of ether oxygens (including phenoxy) is 10. The first-order chi connectivity index (χ1) is 31.7. The summed E-state index contributed by atoms with van der Waals surface area (Å²) in [5.74, 6) is -1.18. The van der Waals surface area contributed by atoms with Gasteiger partial charge in [0.2, 0.25) is 0 Å². The van der Waals surface area contributed by atoms with Crippen LogP contribution in [0.15, 0.2) is 48.1 Å². The van der Waals surface area contributed by atoms with E-state index in [9.17, 15) is 30.3 Å². The first kappa shape index (κ1) is 51.0. The van der Waals surface area contributed by atoms with Crippen LogP contribution in [0.25, 0.3) is 6.08 Å². The molecular weight excluding hydrogens is 869 g/mol. The van der Waals surface area contributed by atoms with Gasteiger partial charge in [0.25, 0.3) is 0 Å². The van der Waals surface area contributed by atoms with Crippen LogP contribution < -0.4 is 0 Å². The maximum Gasteiger partial charge on any atom is 0.331 e. The number of hydrogen-bond acceptors (Lipinski definition) is 16. The molecule has 0 amide bonds. The minimum Gasteiger partial charge on any atom is -0.458 e. The lowest BCUT2D eigenvalue weighted by Crippen LogP contribution is -2.78. The molecule has 5 N–H and O–H groups in total. The molecule has 67 heavy (non-hydrogen) atoms. The van der Waals surface area contributed by atoms with Crippen molar-refractivity contribution in [3.63, 3.8) is 0 Å². The zero-order valence-electron chi connectivity index (χ0n) is 40.7. The van der Waals surface area contributed by atoms with Gasteiger partial charge in [0.05, 0.1) is 54.2 Å². The Morgan fingerprint density at radius 2 is 1.34 bits per heavy atom. The molecule has 0 spiro atoms. The molecule has 0 bridgehead atoms. The number of methoxy groups -OCH3 is 3. The molecule has 376 valence electrons. The minimum atomic E-state index is -1.90. The van der Waals surface area contributed by atoms with Crippen LogP contribution in [0.2, 0.25) is 0 Å². The molecule has 3 heterocycles. The Labute approximate surface area is 395 Å². The molecule has 0 radical (unpaired) electrons. The minimum absolute atomic E-state index is 0.0184. The summed E-state index contributed by atoms with van der Waals surface area (Å²) < 4.78 is 62.3. The summed E-state index contributed by atoms with van der Waals surface area (Å²) in [5.41, 5.74) is -5.72. The molecule has 7 aliphatic rings. The van der Waals surface area contributed by atoms with Crippen molar-refractivity contribution in [3.05, 3.63) is 53.6 Å². The zero-order chi connectivity index (χ0) is 48.3. The number of carbonyl (C=O) groups excluding carboxylic acids is 1. The van der Waals surface area contributed by atoms with Gasteiger partial charge in [-0.2, -0.15) is 0 Å². The van der Waals surface area contributed by atoms with Crippen molar-refractivity contribution in [2.24, 2.45) is 16.7 Å². The fraction of sp³-hybridized carbons (Fsp3) is 0.784. The van der Waals surface area contributed by atoms with Gasteiger partial charge >= 0.3 is 5.97 Å². The number of rotatable bonds is 13. The van der Waals surface area contributed by atoms with E-state index in [1.54, 1.807) is 41.3 Å². The summed E-state index contributed by atoms with van der Waals surface area (Å²) in [4.78, 5) is 13.6. The van der Waals surface area contributed by atoms with E-state index in [4.69, 9.17) is 47.4 Å². The van der Waals surface area contributed by atoms with E-state index in [-0.39, 0.29) is 44.0 Å². The van der Waals surface area contributed by atoms with Crippen LogP contribution in [0.3, 0.4) is 0 Å². The van der Waals surface area contributed by atoms with E-state index in [0.29, 0.717) is 38.5 Å². The van der Waals surface area contributed by atoms with Crippen LogP contribution >= 0.6 is 0 Å². The SMILES string of the molecule is CO[C@H]1C[C@H](O[C@H]2CC[C@@]3(C)C(=CC[C@]4(O)[C@@H]3C[C@@H](OC(=O)/C=C/c3ccccc3)[C@@]3(C)[C@]4(O)CC[C@@]3(O)[C@H](C)O)C2)O[C@H](C)[C@H]1O[C@H]1C[C@H](OC)[C@H](O[C@H]2C[C@@H](OC)[C@H](O)[C@@H](C)O2)[C@@H](C)O1. The topological polar surface area (TPSA) is 211 Å². The summed E-state index contributed by atoms with van der Waals surface area (Å²) in [6.07, 6.45) is -0.114. The van der Waals surface area contributed by atoms with Gasteiger partial charge in [-0.25, -0.2) is 4.79 Å². The smallest absolute Gasteiger partial charge is 0.331 e. The van der Waals surface area contributed by atoms with Crippen LogP contribution in [0.4, 0.5) is 0 Å². The van der Waals surface area contributed by atoms with Gasteiger partial charge in [0.15, 0.2) is 18.9 Å². The molecular formula is C51H76O16. The second kappa shape index (κ2) is 19.7. The number of carbonyl (C=O) groups is 1. The maximum absolute atomic E-state index is 13.6. The Kier molecular flexibility index (Phi) is 15.0. The van der Waals surface area contributed by atoms with E-state index in [2.05, 4.69) is 6.92 Å². The average molecular weight is 945 g/mol. The predicted octanol–water partition coefficient (Wildman–Crippen LogP) is 4.49. The first-order valence-electron chi connectivity index (χ1n) is 24.4. The Morgan fingerprint density at radius 1 is 0.776 bits per heavy atom. The Morgan fingerprint density at radius 3 is 1.93 bits per heavy atom. The summed E-state index contributed by atoms with van der Waals surface area (Å²) in [7, 11) is 4.85. The highest BCUT2D eigenvalue weighted by Crippen LogP contribution is 2.71. The summed E-state index contributed by atoms with van der Waals surface area (Å²) in [6, 6.07) is 9.36. The van der Waals surface area contributed by atoms with Crippen molar-refractivity contribution in [2.75, 3.05) is 21.3 Å². The van der Waals surface area contributed by atoms with Gasteiger partial charge in [-0.15, -0.1) is 0 Å². The number of fused-ring (bicyclic) bond motifs is 5. The van der Waals surface area contributed by atoms with Crippen molar-refractivity contribution in [1.29, 1.82) is 0 Å². The van der Waals surface area contributed by atoms with Crippen LogP contribution in [0.1, 0.15) is 111 Å². The summed E-state index contributed by atoms with van der Waals surface area (Å²) in [6.45, 7) is 10.9. The van der Waals surface area contributed by atoms with Crippen LogP contribution in [-0.4, -0.2) is 162 Å². The third-order valence-corrected chi connectivity index (χ3v) is 17.5. The Balaban J connectivity index is 0.921. The van der Waals surface area contributed by atoms with Crippen LogP contribution in [0.5, 0.6) is 0 Å². The molecule has 4 aliphatic carbocycles. The van der Waals surface area contributed by atoms with Gasteiger partial charge in [0, 0.05) is 52.6 Å². The predicted molar refractivity (Wildman–Crippen MR) is 242 cm³/mol. The van der Waals surface area contributed by atoms with E-state index in [1.807, 2.05) is 50.3 Å². The molecule has 6 fully saturated rings. The van der Waals surface area contributed by atoms with Crippen molar-refractivity contribution >= 4 is 12.0 Å². The van der Waals surface area contributed by atoms with E-state index in [1.165, 1.54) is 13.0 Å². The van der Waals surface area contributed by atoms with Crippen LogP contribution in [-0.2, 0) is 52.2 Å². The molecule has 16 nitrogen and oxygen atoms in total. The molecule has 16 heteroatoms. The highest BCUT2D eigenvalue weighted by atomic mass is 16.7. The van der Waals surface area contributed by atoms with Gasteiger partial charge < -0.3 is 72.9 Å². The fourth-order valence-corrected chi connectivity index (χ4v) is 13.4. The fourth-order valence-electron chi connectivity index (χ4n) is 13.4. The molecule has 8 rings (SSSR count). The number of aliphatic hydroxyl groups is 5. The van der Waals surface area contributed by atoms with Gasteiger partial charge in [-0.3, -0.25) is 0 Å². The second-order valence-corrected chi connectivity index (χ2v) is 20.9. The Hall–Kier alpha value is -2.39. The third kappa shape index (κ3) is 8.91. The lowest BCUT2D eigenvalue weighted by Gasteiger charge is -2.67. The summed E-state index contributed by atoms with van der Waals surface area (Å²) >= 11 is 0. The highest BCUT2D eigenvalue weighted by Gasteiger charge is 2.81. The van der Waals surface area contributed by atoms with E-state index >= 15 is 0 Å². The standard InChI is InChI=1S/C51H76O16/c1-28-44(54)35(58-7)24-42(61-28)66-46-30(3)63-43(26-37(46)60-9)67-45-29(2)62-41(25-36(45)59-8)64-34-18-19-47(5)33(23-34)17-20-50(56)38(47)27-39(65-40(53)16-15-32-13-11-10-12-14-32)48(6)49(55,31(4)52)21-22-51(48,50)57/h10-17,28-31,34-39,41-46,52,54-57H,18-27H2,1-9H3/b16-15+/t28-,29-,30-,31+,34+,35-,36+,37+,38-,39-,41+,42+,43+,44-,45-,46-,47+,48-,49-,50+,51-/m1/s1. The molecule has 1 aromatic rings. The number of aliphatic hydroxyl groups excluding tert-OH is 2. The Bertz CT molecular complexity index is 1930. The maximum atomic E-state index is 13.6. The molecule has 3 aliphatic heterocycles. The monoisotopic (exact) mass is 945 g/mol. The normalized spacial score (nSPS) is 48.2. The van der Waals surface area contributed by atoms with Gasteiger partial charge in [-0.05, 0) is 89.7 Å². The average Bonchev–Trinajstić information content (AvgIpc) is 3.53. The summed E-state index contributed by atoms with van der Waals surface area (Å²) in [5, 5.41) is 59.7. The molecule has 3 saturated carbocycles.